The molecule has 1 fully saturated rings. The third-order valence-corrected chi connectivity index (χ3v) is 6.51. The molecule has 0 aliphatic heterocycles. The van der Waals surface area contributed by atoms with Gasteiger partial charge in [-0.15, -0.1) is 0 Å². The second-order valence-electron chi connectivity index (χ2n) is 8.95. The maximum Gasteiger partial charge on any atom is 0.294 e. The molecule has 1 saturated carbocycles. The number of nitrogens with zero attached hydrogens (tertiary/aromatic N) is 1. The topological polar surface area (TPSA) is 81.0 Å². The lowest BCUT2D eigenvalue weighted by molar-refractivity contribution is -0.123. The molecule has 4 rings (SSSR count). The number of aryl methyl sites for hydroxylation is 2. The van der Waals surface area contributed by atoms with Gasteiger partial charge < -0.3 is 19.2 Å². The predicted molar refractivity (Wildman–Crippen MR) is 134 cm³/mol. The molecule has 0 spiro atoms. The molecule has 1 aromatic heterocycles. The zero-order valence-corrected chi connectivity index (χ0v) is 20.7. The number of nitrogens with one attached hydrogen (secondary N) is 1. The van der Waals surface area contributed by atoms with Gasteiger partial charge in [0.1, 0.15) is 6.04 Å². The van der Waals surface area contributed by atoms with Crippen LogP contribution in [0.25, 0.3) is 0 Å². The standard InChI is InChI=1S/C28H32N2O5/c1-18-11-12-19(2)22(16-18)30(28(32)24-10-7-15-35-24)26(27(31)29-21-8-5-6-9-21)20-13-14-23(33-3)25(17-20)34-4/h7,10-17,21,26H,5-6,8-9H2,1-4H3,(H,29,31). The van der Waals surface area contributed by atoms with E-state index < -0.39 is 11.9 Å². The van der Waals surface area contributed by atoms with Crippen LogP contribution < -0.4 is 19.7 Å². The predicted octanol–water partition coefficient (Wildman–Crippen LogP) is 5.36. The highest BCUT2D eigenvalue weighted by atomic mass is 16.5. The van der Waals surface area contributed by atoms with Crippen molar-refractivity contribution in [2.45, 2.75) is 51.6 Å². The summed E-state index contributed by atoms with van der Waals surface area (Å²) in [5.41, 5.74) is 3.10. The van der Waals surface area contributed by atoms with E-state index in [0.717, 1.165) is 36.8 Å². The van der Waals surface area contributed by atoms with Gasteiger partial charge in [0.05, 0.1) is 20.5 Å². The van der Waals surface area contributed by atoms with E-state index in [2.05, 4.69) is 5.32 Å². The minimum atomic E-state index is -0.950. The number of hydrogen-bond acceptors (Lipinski definition) is 5. The van der Waals surface area contributed by atoms with Crippen molar-refractivity contribution in [3.63, 3.8) is 0 Å². The zero-order valence-electron chi connectivity index (χ0n) is 20.7. The minimum Gasteiger partial charge on any atom is -0.493 e. The molecule has 2 aromatic carbocycles. The highest BCUT2D eigenvalue weighted by Gasteiger charge is 2.37. The van der Waals surface area contributed by atoms with E-state index in [0.29, 0.717) is 22.7 Å². The van der Waals surface area contributed by atoms with Crippen LogP contribution in [-0.4, -0.2) is 32.1 Å². The fourth-order valence-corrected chi connectivity index (χ4v) is 4.65. The molecular formula is C28H32N2O5. The molecule has 3 aromatic rings. The molecule has 0 bridgehead atoms. The average Bonchev–Trinajstić information content (AvgIpc) is 3.58. The number of methoxy groups -OCH3 is 2. The molecule has 184 valence electrons. The Balaban J connectivity index is 1.89. The summed E-state index contributed by atoms with van der Waals surface area (Å²) in [6, 6.07) is 13.6. The zero-order chi connectivity index (χ0) is 24.9. The number of anilines is 1. The van der Waals surface area contributed by atoms with Crippen LogP contribution in [0.3, 0.4) is 0 Å². The number of hydrogen-bond donors (Lipinski definition) is 1. The number of ether oxygens (including phenoxy) is 2. The Morgan fingerprint density at radius 3 is 2.40 bits per heavy atom. The van der Waals surface area contributed by atoms with Crippen LogP contribution in [0.15, 0.2) is 59.2 Å². The van der Waals surface area contributed by atoms with Gasteiger partial charge in [-0.1, -0.05) is 31.0 Å². The molecule has 1 aliphatic rings. The normalized spacial score (nSPS) is 14.4. The fraction of sp³-hybridized carbons (Fsp3) is 0.357. The van der Waals surface area contributed by atoms with Crippen LogP contribution in [0.5, 0.6) is 11.5 Å². The highest BCUT2D eigenvalue weighted by Crippen LogP contribution is 2.37. The molecule has 35 heavy (non-hydrogen) atoms. The Morgan fingerprint density at radius 2 is 1.74 bits per heavy atom. The first-order chi connectivity index (χ1) is 16.9. The highest BCUT2D eigenvalue weighted by molar-refractivity contribution is 6.09. The number of benzene rings is 2. The van der Waals surface area contributed by atoms with Crippen molar-refractivity contribution in [2.75, 3.05) is 19.1 Å². The van der Waals surface area contributed by atoms with Gasteiger partial charge in [-0.05, 0) is 73.7 Å². The molecular weight excluding hydrogens is 444 g/mol. The van der Waals surface area contributed by atoms with Crippen LogP contribution in [0.2, 0.25) is 0 Å². The van der Waals surface area contributed by atoms with Crippen LogP contribution >= 0.6 is 0 Å². The second kappa shape index (κ2) is 10.7. The van der Waals surface area contributed by atoms with Crippen molar-refractivity contribution in [3.05, 3.63) is 77.2 Å². The summed E-state index contributed by atoms with van der Waals surface area (Å²) < 4.78 is 16.4. The molecule has 7 nitrogen and oxygen atoms in total. The number of furan rings is 1. The maximum atomic E-state index is 13.9. The fourth-order valence-electron chi connectivity index (χ4n) is 4.65. The quantitative estimate of drug-likeness (QED) is 0.473. The first-order valence-electron chi connectivity index (χ1n) is 11.9. The van der Waals surface area contributed by atoms with Crippen LogP contribution in [0, 0.1) is 13.8 Å². The summed E-state index contributed by atoms with van der Waals surface area (Å²) in [5.74, 6) is 0.539. The number of amides is 2. The second-order valence-corrected chi connectivity index (χ2v) is 8.95. The molecule has 1 atom stereocenters. The lowest BCUT2D eigenvalue weighted by Crippen LogP contribution is -2.46. The number of carbonyl (C=O) groups is 2. The number of rotatable bonds is 8. The van der Waals surface area contributed by atoms with Gasteiger partial charge in [0.25, 0.3) is 5.91 Å². The summed E-state index contributed by atoms with van der Waals surface area (Å²) in [5, 5.41) is 3.19. The number of carbonyl (C=O) groups excluding carboxylic acids is 2. The molecule has 1 heterocycles. The van der Waals surface area contributed by atoms with E-state index in [1.807, 2.05) is 32.0 Å². The largest absolute Gasteiger partial charge is 0.493 e. The monoisotopic (exact) mass is 476 g/mol. The van der Waals surface area contributed by atoms with E-state index in [1.54, 1.807) is 44.6 Å². The summed E-state index contributed by atoms with van der Waals surface area (Å²) in [4.78, 5) is 29.4. The smallest absolute Gasteiger partial charge is 0.294 e. The maximum absolute atomic E-state index is 13.9. The van der Waals surface area contributed by atoms with E-state index in [-0.39, 0.29) is 17.7 Å². The van der Waals surface area contributed by atoms with Crippen LogP contribution in [-0.2, 0) is 4.79 Å². The molecule has 1 N–H and O–H groups in total. The molecule has 7 heteroatoms. The first kappa shape index (κ1) is 24.4. The van der Waals surface area contributed by atoms with E-state index in [4.69, 9.17) is 13.9 Å². The van der Waals surface area contributed by atoms with Crippen molar-refractivity contribution in [1.29, 1.82) is 0 Å². The van der Waals surface area contributed by atoms with Gasteiger partial charge >= 0.3 is 0 Å². The molecule has 0 radical (unpaired) electrons. The Bertz CT molecular complexity index is 1180. The summed E-state index contributed by atoms with van der Waals surface area (Å²) in [6.45, 7) is 3.89. The minimum absolute atomic E-state index is 0.0873. The third kappa shape index (κ3) is 5.19. The molecule has 2 amide bonds. The van der Waals surface area contributed by atoms with Gasteiger partial charge in [0.2, 0.25) is 5.91 Å². The Morgan fingerprint density at radius 1 is 1.00 bits per heavy atom. The van der Waals surface area contributed by atoms with Crippen molar-refractivity contribution >= 4 is 17.5 Å². The van der Waals surface area contributed by atoms with Crippen LogP contribution in [0.4, 0.5) is 5.69 Å². The third-order valence-electron chi connectivity index (χ3n) is 6.51. The van der Waals surface area contributed by atoms with Gasteiger partial charge in [0, 0.05) is 11.7 Å². The van der Waals surface area contributed by atoms with Crippen LogP contribution in [0.1, 0.15) is 59.0 Å². The van der Waals surface area contributed by atoms with Crippen molar-refractivity contribution in [1.82, 2.24) is 5.32 Å². The Kier molecular flexibility index (Phi) is 7.44. The van der Waals surface area contributed by atoms with Crippen molar-refractivity contribution in [3.8, 4) is 11.5 Å². The van der Waals surface area contributed by atoms with Gasteiger partial charge in [-0.25, -0.2) is 0 Å². The first-order valence-corrected chi connectivity index (χ1v) is 11.9. The molecule has 0 saturated heterocycles. The Hall–Kier alpha value is -3.74. The Labute approximate surface area is 206 Å². The van der Waals surface area contributed by atoms with Gasteiger partial charge in [-0.2, -0.15) is 0 Å². The summed E-state index contributed by atoms with van der Waals surface area (Å²) in [6.07, 6.45) is 5.48. The summed E-state index contributed by atoms with van der Waals surface area (Å²) >= 11 is 0. The lowest BCUT2D eigenvalue weighted by Gasteiger charge is -2.33. The summed E-state index contributed by atoms with van der Waals surface area (Å²) in [7, 11) is 3.11. The van der Waals surface area contributed by atoms with Crippen molar-refractivity contribution in [2.24, 2.45) is 0 Å². The van der Waals surface area contributed by atoms with Gasteiger partial charge in [0.15, 0.2) is 17.3 Å². The molecule has 1 aliphatic carbocycles. The van der Waals surface area contributed by atoms with E-state index in [1.165, 1.54) is 11.2 Å². The molecule has 1 unspecified atom stereocenters. The van der Waals surface area contributed by atoms with E-state index in [9.17, 15) is 9.59 Å². The average molecular weight is 477 g/mol. The van der Waals surface area contributed by atoms with Crippen molar-refractivity contribution < 1.29 is 23.5 Å². The lowest BCUT2D eigenvalue weighted by atomic mass is 9.99. The SMILES string of the molecule is COc1ccc(C(C(=O)NC2CCCC2)N(C(=O)c2ccco2)c2cc(C)ccc2C)cc1OC. The van der Waals surface area contributed by atoms with Gasteiger partial charge in [-0.3, -0.25) is 14.5 Å². The van der Waals surface area contributed by atoms with E-state index >= 15 is 0 Å².